The van der Waals surface area contributed by atoms with Crippen molar-refractivity contribution in [1.82, 2.24) is 0 Å². The number of amides is 1. The number of para-hydroxylation sites is 1. The van der Waals surface area contributed by atoms with E-state index in [9.17, 15) is 4.79 Å². The zero-order chi connectivity index (χ0) is 12.5. The van der Waals surface area contributed by atoms with E-state index in [0.717, 1.165) is 22.6 Å². The molecule has 0 atom stereocenters. The molecule has 1 heterocycles. The molecule has 0 bridgehead atoms. The first kappa shape index (κ1) is 10.8. The Labute approximate surface area is 105 Å². The Kier molecular flexibility index (Phi) is 2.52. The van der Waals surface area contributed by atoms with Crippen LogP contribution in [0.2, 0.25) is 0 Å². The van der Waals surface area contributed by atoms with Gasteiger partial charge in [0.15, 0.2) is 0 Å². The van der Waals surface area contributed by atoms with Crippen molar-refractivity contribution >= 4 is 11.6 Å². The number of benzene rings is 2. The summed E-state index contributed by atoms with van der Waals surface area (Å²) in [5.41, 5.74) is 4.18. The van der Waals surface area contributed by atoms with Crippen LogP contribution in [0, 0.1) is 0 Å². The number of anilines is 1. The van der Waals surface area contributed by atoms with Gasteiger partial charge in [-0.05, 0) is 29.3 Å². The van der Waals surface area contributed by atoms with Gasteiger partial charge in [0.2, 0.25) is 5.91 Å². The summed E-state index contributed by atoms with van der Waals surface area (Å²) in [4.78, 5) is 11.0. The second-order valence-electron chi connectivity index (χ2n) is 4.34. The van der Waals surface area contributed by atoms with Crippen LogP contribution in [0.4, 0.5) is 5.69 Å². The topological polar surface area (TPSA) is 38.3 Å². The highest BCUT2D eigenvalue weighted by atomic mass is 16.5. The molecule has 1 aliphatic rings. The van der Waals surface area contributed by atoms with Crippen LogP contribution in [0.25, 0.3) is 11.1 Å². The Bertz CT molecular complexity index is 620. The summed E-state index contributed by atoms with van der Waals surface area (Å²) in [6, 6.07) is 13.9. The molecule has 18 heavy (non-hydrogen) atoms. The first-order chi connectivity index (χ1) is 8.74. The van der Waals surface area contributed by atoms with Gasteiger partial charge in [0.05, 0.1) is 0 Å². The number of hydrogen-bond donors (Lipinski definition) is 1. The average molecular weight is 239 g/mol. The van der Waals surface area contributed by atoms with Gasteiger partial charge in [0.1, 0.15) is 12.4 Å². The molecule has 1 aliphatic heterocycles. The van der Waals surface area contributed by atoms with Crippen LogP contribution < -0.4 is 10.1 Å². The van der Waals surface area contributed by atoms with Gasteiger partial charge in [0, 0.05) is 18.2 Å². The number of nitrogens with one attached hydrogen (secondary N) is 1. The van der Waals surface area contributed by atoms with Crippen LogP contribution >= 0.6 is 0 Å². The maximum absolute atomic E-state index is 11.0. The second-order valence-corrected chi connectivity index (χ2v) is 4.34. The molecule has 0 fully saturated rings. The molecule has 1 N–H and O–H groups in total. The molecular weight excluding hydrogens is 226 g/mol. The van der Waals surface area contributed by atoms with Crippen molar-refractivity contribution in [2.45, 2.75) is 13.5 Å². The molecule has 0 aromatic heterocycles. The Hall–Kier alpha value is -2.29. The smallest absolute Gasteiger partial charge is 0.221 e. The minimum Gasteiger partial charge on any atom is -0.488 e. The normalized spacial score (nSPS) is 12.1. The molecule has 3 nitrogen and oxygen atoms in total. The molecule has 0 aliphatic carbocycles. The highest BCUT2D eigenvalue weighted by Crippen LogP contribution is 2.38. The summed E-state index contributed by atoms with van der Waals surface area (Å²) in [7, 11) is 0. The van der Waals surface area contributed by atoms with E-state index in [4.69, 9.17) is 4.74 Å². The molecule has 0 saturated heterocycles. The lowest BCUT2D eigenvalue weighted by Crippen LogP contribution is -2.09. The molecule has 1 amide bonds. The predicted octanol–water partition coefficient (Wildman–Crippen LogP) is 3.20. The lowest BCUT2D eigenvalue weighted by molar-refractivity contribution is -0.114. The maximum atomic E-state index is 11.0. The van der Waals surface area contributed by atoms with Gasteiger partial charge in [-0.3, -0.25) is 4.79 Å². The SMILES string of the molecule is CC(=O)Nc1ccc2c(c1)COc1ccccc1-2. The van der Waals surface area contributed by atoms with Crippen LogP contribution in [0.15, 0.2) is 42.5 Å². The highest BCUT2D eigenvalue weighted by molar-refractivity contribution is 5.89. The molecular formula is C15H13NO2. The van der Waals surface area contributed by atoms with Gasteiger partial charge in [-0.15, -0.1) is 0 Å². The average Bonchev–Trinajstić information content (AvgIpc) is 2.37. The van der Waals surface area contributed by atoms with Crippen molar-refractivity contribution in [1.29, 1.82) is 0 Å². The third-order valence-corrected chi connectivity index (χ3v) is 2.99. The lowest BCUT2D eigenvalue weighted by atomic mass is 9.96. The summed E-state index contributed by atoms with van der Waals surface area (Å²) in [5, 5.41) is 2.78. The largest absolute Gasteiger partial charge is 0.488 e. The number of hydrogen-bond acceptors (Lipinski definition) is 2. The van der Waals surface area contributed by atoms with Crippen molar-refractivity contribution in [3.63, 3.8) is 0 Å². The zero-order valence-electron chi connectivity index (χ0n) is 10.1. The number of fused-ring (bicyclic) bond motifs is 3. The lowest BCUT2D eigenvalue weighted by Gasteiger charge is -2.21. The van der Waals surface area contributed by atoms with E-state index >= 15 is 0 Å². The van der Waals surface area contributed by atoms with Crippen molar-refractivity contribution < 1.29 is 9.53 Å². The van der Waals surface area contributed by atoms with Crippen molar-refractivity contribution in [2.24, 2.45) is 0 Å². The molecule has 0 unspecified atom stereocenters. The van der Waals surface area contributed by atoms with Gasteiger partial charge < -0.3 is 10.1 Å². The van der Waals surface area contributed by atoms with E-state index in [1.807, 2.05) is 42.5 Å². The minimum atomic E-state index is -0.0629. The molecule has 2 aromatic carbocycles. The Morgan fingerprint density at radius 2 is 2.00 bits per heavy atom. The van der Waals surface area contributed by atoms with E-state index in [0.29, 0.717) is 6.61 Å². The fourth-order valence-corrected chi connectivity index (χ4v) is 2.23. The molecule has 3 heteroatoms. The number of carbonyl (C=O) groups is 1. The van der Waals surface area contributed by atoms with Crippen LogP contribution in [0.5, 0.6) is 5.75 Å². The Morgan fingerprint density at radius 3 is 2.83 bits per heavy atom. The quantitative estimate of drug-likeness (QED) is 0.829. The minimum absolute atomic E-state index is 0.0629. The predicted molar refractivity (Wildman–Crippen MR) is 70.5 cm³/mol. The van der Waals surface area contributed by atoms with Crippen LogP contribution in [0.3, 0.4) is 0 Å². The highest BCUT2D eigenvalue weighted by Gasteiger charge is 2.16. The number of rotatable bonds is 1. The van der Waals surface area contributed by atoms with Gasteiger partial charge in [0.25, 0.3) is 0 Å². The van der Waals surface area contributed by atoms with Gasteiger partial charge in [-0.1, -0.05) is 24.3 Å². The zero-order valence-corrected chi connectivity index (χ0v) is 10.1. The molecule has 0 saturated carbocycles. The number of ether oxygens (including phenoxy) is 1. The van der Waals surface area contributed by atoms with Gasteiger partial charge in [-0.25, -0.2) is 0 Å². The van der Waals surface area contributed by atoms with Crippen LogP contribution in [-0.4, -0.2) is 5.91 Å². The first-order valence-corrected chi connectivity index (χ1v) is 5.87. The summed E-state index contributed by atoms with van der Waals surface area (Å²) < 4.78 is 5.70. The van der Waals surface area contributed by atoms with E-state index in [-0.39, 0.29) is 5.91 Å². The maximum Gasteiger partial charge on any atom is 0.221 e. The summed E-state index contributed by atoms with van der Waals surface area (Å²) in [6.07, 6.45) is 0. The summed E-state index contributed by atoms with van der Waals surface area (Å²) in [5.74, 6) is 0.851. The van der Waals surface area contributed by atoms with E-state index in [2.05, 4.69) is 5.32 Å². The number of carbonyl (C=O) groups excluding carboxylic acids is 1. The monoisotopic (exact) mass is 239 g/mol. The fraction of sp³-hybridized carbons (Fsp3) is 0.133. The van der Waals surface area contributed by atoms with Gasteiger partial charge >= 0.3 is 0 Å². The van der Waals surface area contributed by atoms with Gasteiger partial charge in [-0.2, -0.15) is 0 Å². The van der Waals surface area contributed by atoms with Crippen LogP contribution in [0.1, 0.15) is 12.5 Å². The third-order valence-electron chi connectivity index (χ3n) is 2.99. The standard InChI is InChI=1S/C15H13NO2/c1-10(17)16-12-6-7-13-11(8-12)9-18-15-5-3-2-4-14(13)15/h2-8H,9H2,1H3,(H,16,17). The Morgan fingerprint density at radius 1 is 1.17 bits per heavy atom. The van der Waals surface area contributed by atoms with Crippen molar-refractivity contribution in [3.05, 3.63) is 48.0 Å². The Balaban J connectivity index is 2.05. The molecule has 3 rings (SSSR count). The summed E-state index contributed by atoms with van der Waals surface area (Å²) >= 11 is 0. The molecule has 0 radical (unpaired) electrons. The van der Waals surface area contributed by atoms with E-state index in [1.165, 1.54) is 12.5 Å². The third kappa shape index (κ3) is 1.84. The molecule has 2 aromatic rings. The van der Waals surface area contributed by atoms with Crippen molar-refractivity contribution in [3.8, 4) is 16.9 Å². The van der Waals surface area contributed by atoms with Crippen LogP contribution in [-0.2, 0) is 11.4 Å². The van der Waals surface area contributed by atoms with E-state index in [1.54, 1.807) is 0 Å². The van der Waals surface area contributed by atoms with E-state index < -0.39 is 0 Å². The fourth-order valence-electron chi connectivity index (χ4n) is 2.23. The second kappa shape index (κ2) is 4.18. The summed E-state index contributed by atoms with van der Waals surface area (Å²) in [6.45, 7) is 2.05. The van der Waals surface area contributed by atoms with Crippen molar-refractivity contribution in [2.75, 3.05) is 5.32 Å². The first-order valence-electron chi connectivity index (χ1n) is 5.87. The molecule has 90 valence electrons. The molecule has 0 spiro atoms.